The van der Waals surface area contributed by atoms with Gasteiger partial charge in [0, 0.05) is 12.7 Å². The average Bonchev–Trinajstić information content (AvgIpc) is 2.94. The lowest BCUT2D eigenvalue weighted by Gasteiger charge is -2.08. The molecule has 3 aromatic heterocycles. The first kappa shape index (κ1) is 12.3. The number of aliphatic hydroxyl groups is 1. The highest BCUT2D eigenvalue weighted by Gasteiger charge is 2.09. The number of aromatic amines is 1. The zero-order valence-corrected chi connectivity index (χ0v) is 10.5. The van der Waals surface area contributed by atoms with Gasteiger partial charge in [0.15, 0.2) is 11.5 Å². The van der Waals surface area contributed by atoms with Crippen LogP contribution in [-0.4, -0.2) is 43.2 Å². The fourth-order valence-corrected chi connectivity index (χ4v) is 1.76. The van der Waals surface area contributed by atoms with E-state index in [-0.39, 0.29) is 6.61 Å². The van der Waals surface area contributed by atoms with E-state index in [1.54, 1.807) is 18.7 Å². The van der Waals surface area contributed by atoms with Crippen molar-refractivity contribution >= 4 is 28.6 Å². The van der Waals surface area contributed by atoms with Gasteiger partial charge in [-0.05, 0) is 12.1 Å². The van der Waals surface area contributed by atoms with Crippen LogP contribution in [0.2, 0.25) is 0 Å². The third-order valence-electron chi connectivity index (χ3n) is 2.61. The molecule has 0 saturated carbocycles. The molecule has 0 bridgehead atoms. The molecule has 0 radical (unpaired) electrons. The Balaban J connectivity index is 1.94. The van der Waals surface area contributed by atoms with E-state index in [1.165, 1.54) is 0 Å². The molecule has 4 N–H and O–H groups in total. The molecule has 0 amide bonds. The second kappa shape index (κ2) is 5.49. The summed E-state index contributed by atoms with van der Waals surface area (Å²) in [6, 6.07) is 3.69. The molecule has 3 rings (SSSR count). The van der Waals surface area contributed by atoms with E-state index in [2.05, 4.69) is 35.6 Å². The number of pyridine rings is 1. The van der Waals surface area contributed by atoms with Crippen LogP contribution in [0.15, 0.2) is 30.9 Å². The van der Waals surface area contributed by atoms with Gasteiger partial charge in [-0.15, -0.1) is 0 Å². The van der Waals surface area contributed by atoms with Crippen molar-refractivity contribution in [1.29, 1.82) is 0 Å². The van der Waals surface area contributed by atoms with Crippen LogP contribution in [0, 0.1) is 0 Å². The summed E-state index contributed by atoms with van der Waals surface area (Å²) in [5.74, 6) is 1.01. The van der Waals surface area contributed by atoms with E-state index >= 15 is 0 Å². The highest BCUT2D eigenvalue weighted by atomic mass is 16.3. The van der Waals surface area contributed by atoms with Gasteiger partial charge in [0.2, 0.25) is 5.95 Å². The van der Waals surface area contributed by atoms with Crippen molar-refractivity contribution in [3.05, 3.63) is 30.9 Å². The van der Waals surface area contributed by atoms with Gasteiger partial charge in [-0.2, -0.15) is 9.97 Å². The molecular weight excluding hydrogens is 258 g/mol. The van der Waals surface area contributed by atoms with Gasteiger partial charge in [-0.25, -0.2) is 4.98 Å². The maximum absolute atomic E-state index is 8.90. The predicted octanol–water partition coefficient (Wildman–Crippen LogP) is 0.896. The first-order valence-electron chi connectivity index (χ1n) is 6.10. The summed E-state index contributed by atoms with van der Waals surface area (Å²) >= 11 is 0. The summed E-state index contributed by atoms with van der Waals surface area (Å²) in [6.07, 6.45) is 4.92. The Morgan fingerprint density at radius 3 is 3.05 bits per heavy atom. The maximum Gasteiger partial charge on any atom is 0.231 e. The molecule has 3 heterocycles. The van der Waals surface area contributed by atoms with Crippen LogP contribution in [-0.2, 0) is 0 Å². The Kier molecular flexibility index (Phi) is 3.38. The van der Waals surface area contributed by atoms with Crippen LogP contribution in [0.3, 0.4) is 0 Å². The quantitative estimate of drug-likeness (QED) is 0.545. The van der Waals surface area contributed by atoms with Crippen LogP contribution >= 0.6 is 0 Å². The molecule has 0 aliphatic heterocycles. The molecule has 0 saturated heterocycles. The fraction of sp³-hybridized carbons (Fsp3) is 0.167. The van der Waals surface area contributed by atoms with Gasteiger partial charge < -0.3 is 20.7 Å². The smallest absolute Gasteiger partial charge is 0.231 e. The minimum atomic E-state index is 0.0188. The SMILES string of the molecule is OCCNc1nc(Nc2cccnc2)nc2nc[nH]c12. The molecule has 0 aliphatic carbocycles. The fourth-order valence-electron chi connectivity index (χ4n) is 1.76. The number of aromatic nitrogens is 5. The molecule has 0 aliphatic rings. The van der Waals surface area contributed by atoms with Crippen LogP contribution in [0.25, 0.3) is 11.2 Å². The van der Waals surface area contributed by atoms with Crippen LogP contribution in [0.1, 0.15) is 0 Å². The number of fused-ring (bicyclic) bond motifs is 1. The van der Waals surface area contributed by atoms with Crippen molar-refractivity contribution < 1.29 is 5.11 Å². The zero-order chi connectivity index (χ0) is 13.8. The van der Waals surface area contributed by atoms with E-state index in [1.807, 2.05) is 12.1 Å². The summed E-state index contributed by atoms with van der Waals surface area (Å²) in [5.41, 5.74) is 2.04. The lowest BCUT2D eigenvalue weighted by molar-refractivity contribution is 0.311. The Bertz CT molecular complexity index is 697. The third kappa shape index (κ3) is 2.50. The van der Waals surface area contributed by atoms with Gasteiger partial charge >= 0.3 is 0 Å². The molecule has 8 nitrogen and oxygen atoms in total. The molecule has 20 heavy (non-hydrogen) atoms. The normalized spacial score (nSPS) is 10.7. The van der Waals surface area contributed by atoms with Crippen LogP contribution < -0.4 is 10.6 Å². The molecule has 0 fully saturated rings. The standard InChI is InChI=1S/C12H13N7O/c20-5-4-14-10-9-11(16-7-15-9)19-12(18-10)17-8-2-1-3-13-6-8/h1-3,6-7,20H,4-5H2,(H3,14,15,16,17,18,19). The van der Waals surface area contributed by atoms with Crippen molar-refractivity contribution in [3.8, 4) is 0 Å². The minimum Gasteiger partial charge on any atom is -0.395 e. The van der Waals surface area contributed by atoms with Crippen molar-refractivity contribution in [2.24, 2.45) is 0 Å². The van der Waals surface area contributed by atoms with E-state index in [0.717, 1.165) is 5.69 Å². The molecule has 3 aromatic rings. The number of H-pyrrole nitrogens is 1. The van der Waals surface area contributed by atoms with Crippen molar-refractivity contribution in [3.63, 3.8) is 0 Å². The molecule has 0 unspecified atom stereocenters. The number of nitrogens with one attached hydrogen (secondary N) is 3. The van der Waals surface area contributed by atoms with Crippen molar-refractivity contribution in [2.75, 3.05) is 23.8 Å². The summed E-state index contributed by atoms with van der Waals surface area (Å²) < 4.78 is 0. The monoisotopic (exact) mass is 271 g/mol. The van der Waals surface area contributed by atoms with E-state index in [9.17, 15) is 0 Å². The average molecular weight is 271 g/mol. The highest BCUT2D eigenvalue weighted by molar-refractivity contribution is 5.84. The second-order valence-electron chi connectivity index (χ2n) is 4.01. The first-order valence-corrected chi connectivity index (χ1v) is 6.10. The molecule has 0 aromatic carbocycles. The van der Waals surface area contributed by atoms with Crippen molar-refractivity contribution in [2.45, 2.75) is 0 Å². The minimum absolute atomic E-state index is 0.0188. The molecular formula is C12H13N7O. The van der Waals surface area contributed by atoms with Gasteiger partial charge in [0.25, 0.3) is 0 Å². The van der Waals surface area contributed by atoms with E-state index < -0.39 is 0 Å². The van der Waals surface area contributed by atoms with E-state index in [4.69, 9.17) is 5.11 Å². The second-order valence-corrected chi connectivity index (χ2v) is 4.01. The highest BCUT2D eigenvalue weighted by Crippen LogP contribution is 2.20. The maximum atomic E-state index is 8.90. The predicted molar refractivity (Wildman–Crippen MR) is 74.8 cm³/mol. The van der Waals surface area contributed by atoms with Crippen molar-refractivity contribution in [1.82, 2.24) is 24.9 Å². The lowest BCUT2D eigenvalue weighted by Crippen LogP contribution is -2.09. The number of hydrogen-bond acceptors (Lipinski definition) is 7. The van der Waals surface area contributed by atoms with Gasteiger partial charge in [0.1, 0.15) is 5.52 Å². The van der Waals surface area contributed by atoms with Crippen LogP contribution in [0.4, 0.5) is 17.5 Å². The Morgan fingerprint density at radius 2 is 2.25 bits per heavy atom. The van der Waals surface area contributed by atoms with E-state index in [0.29, 0.717) is 29.5 Å². The Morgan fingerprint density at radius 1 is 1.30 bits per heavy atom. The summed E-state index contributed by atoms with van der Waals surface area (Å²) in [6.45, 7) is 0.419. The first-order chi connectivity index (χ1) is 9.86. The van der Waals surface area contributed by atoms with Gasteiger partial charge in [0.05, 0.1) is 24.8 Å². The number of rotatable bonds is 5. The third-order valence-corrected chi connectivity index (χ3v) is 2.61. The largest absolute Gasteiger partial charge is 0.395 e. The number of hydrogen-bond donors (Lipinski definition) is 4. The number of nitrogens with zero attached hydrogens (tertiary/aromatic N) is 4. The molecule has 0 spiro atoms. The molecule has 0 atom stereocenters. The lowest BCUT2D eigenvalue weighted by atomic mass is 10.4. The molecule has 8 heteroatoms. The number of imidazole rings is 1. The topological polar surface area (TPSA) is 112 Å². The Hall–Kier alpha value is -2.74. The Labute approximate surface area is 114 Å². The van der Waals surface area contributed by atoms with Gasteiger partial charge in [-0.3, -0.25) is 4.98 Å². The zero-order valence-electron chi connectivity index (χ0n) is 10.5. The van der Waals surface area contributed by atoms with Gasteiger partial charge in [-0.1, -0.05) is 0 Å². The summed E-state index contributed by atoms with van der Waals surface area (Å²) in [7, 11) is 0. The molecule has 102 valence electrons. The van der Waals surface area contributed by atoms with Crippen LogP contribution in [0.5, 0.6) is 0 Å². The number of anilines is 3. The summed E-state index contributed by atoms with van der Waals surface area (Å²) in [5, 5.41) is 15.0. The summed E-state index contributed by atoms with van der Waals surface area (Å²) in [4.78, 5) is 19.8. The number of aliphatic hydroxyl groups excluding tert-OH is 1.